The van der Waals surface area contributed by atoms with Crippen molar-refractivity contribution in [2.75, 3.05) is 0 Å². The summed E-state index contributed by atoms with van der Waals surface area (Å²) in [7, 11) is 4.40. The van der Waals surface area contributed by atoms with E-state index in [1.807, 2.05) is 13.8 Å². The second kappa shape index (κ2) is 9.69. The molecule has 43 heavy (non-hydrogen) atoms. The number of hydrogen-bond donors (Lipinski definition) is 0. The standard InChI is InChI=1S/C37H22N3.C2H6.Dy/c1-38-27-15-5-3-11-24(27)34-30(38)18-9-19-31(34)39-29-17-7-4-12-25(29)35-32(39)20-21-33-36(35)26-14-8-13-23-22-10-2-6-16-28(22)40(33)37(23)26;1-2;/h2-21H,1H2;1-2H3;/q-1;;. The Morgan fingerprint density at radius 2 is 0.953 bits per heavy atom. The van der Waals surface area contributed by atoms with Gasteiger partial charge in [0.05, 0.1) is 27.6 Å². The fourth-order valence-electron chi connectivity index (χ4n) is 7.50. The monoisotopic (exact) mass is 702 g/mol. The Morgan fingerprint density at radius 3 is 1.74 bits per heavy atom. The van der Waals surface area contributed by atoms with Crippen LogP contribution in [0.3, 0.4) is 0 Å². The smallest absolute Gasteiger partial charge is 0.0620 e. The average Bonchev–Trinajstić information content (AvgIpc) is 3.77. The zero-order valence-corrected chi connectivity index (χ0v) is 25.9. The number of aromatic nitrogens is 3. The van der Waals surface area contributed by atoms with E-state index in [9.17, 15) is 0 Å². The molecule has 0 aliphatic carbocycles. The first-order chi connectivity index (χ1) is 20.8. The van der Waals surface area contributed by atoms with E-state index in [0.717, 1.165) is 11.0 Å². The Morgan fingerprint density at radius 1 is 0.419 bits per heavy atom. The predicted octanol–water partition coefficient (Wildman–Crippen LogP) is 10.7. The molecular weight excluding hydrogens is 673 g/mol. The van der Waals surface area contributed by atoms with Crippen LogP contribution in [0.2, 0.25) is 0 Å². The Labute approximate surface area is 279 Å². The number of fused-ring (bicyclic) bond motifs is 13. The van der Waals surface area contributed by atoms with Crippen molar-refractivity contribution < 1.29 is 38.2 Å². The van der Waals surface area contributed by atoms with E-state index in [2.05, 4.69) is 142 Å². The maximum atomic E-state index is 4.40. The minimum Gasteiger partial charge on any atom is -0.481 e. The van der Waals surface area contributed by atoms with Gasteiger partial charge in [-0.2, -0.15) is 0 Å². The van der Waals surface area contributed by atoms with Crippen LogP contribution in [0.1, 0.15) is 13.8 Å². The van der Waals surface area contributed by atoms with Crippen LogP contribution in [-0.4, -0.2) is 13.5 Å². The molecule has 10 aromatic rings. The van der Waals surface area contributed by atoms with Gasteiger partial charge in [0.15, 0.2) is 0 Å². The van der Waals surface area contributed by atoms with E-state index in [1.54, 1.807) is 0 Å². The molecule has 0 N–H and O–H groups in total. The van der Waals surface area contributed by atoms with Gasteiger partial charge in [0.25, 0.3) is 0 Å². The molecule has 0 bridgehead atoms. The molecule has 0 aliphatic heterocycles. The van der Waals surface area contributed by atoms with Gasteiger partial charge < -0.3 is 13.5 Å². The summed E-state index contributed by atoms with van der Waals surface area (Å²) >= 11 is 0. The van der Waals surface area contributed by atoms with E-state index >= 15 is 0 Å². The Hall–Kier alpha value is -4.14. The third-order valence-electron chi connectivity index (χ3n) is 9.04. The normalized spacial score (nSPS) is 11.9. The van der Waals surface area contributed by atoms with Gasteiger partial charge in [0, 0.05) is 76.2 Å². The molecule has 0 saturated carbocycles. The van der Waals surface area contributed by atoms with Gasteiger partial charge in [-0.25, -0.2) is 0 Å². The van der Waals surface area contributed by atoms with Crippen LogP contribution in [0.15, 0.2) is 121 Å². The van der Waals surface area contributed by atoms with Crippen molar-refractivity contribution in [3.8, 4) is 5.69 Å². The maximum Gasteiger partial charge on any atom is 0.0620 e. The predicted molar refractivity (Wildman–Crippen MR) is 181 cm³/mol. The van der Waals surface area contributed by atoms with Crippen LogP contribution in [0, 0.1) is 45.2 Å². The Balaban J connectivity index is 0.000000909. The largest absolute Gasteiger partial charge is 0.481 e. The molecule has 0 fully saturated rings. The molecule has 4 heterocycles. The van der Waals surface area contributed by atoms with Gasteiger partial charge in [-0.1, -0.05) is 121 Å². The molecule has 3 nitrogen and oxygen atoms in total. The summed E-state index contributed by atoms with van der Waals surface area (Å²) in [6.45, 7) is 4.00. The third kappa shape index (κ3) is 3.28. The van der Waals surface area contributed by atoms with Gasteiger partial charge in [0.2, 0.25) is 0 Å². The first-order valence-corrected chi connectivity index (χ1v) is 14.7. The van der Waals surface area contributed by atoms with Crippen molar-refractivity contribution in [1.82, 2.24) is 13.5 Å². The molecule has 6 aromatic carbocycles. The van der Waals surface area contributed by atoms with Crippen molar-refractivity contribution in [2.24, 2.45) is 0 Å². The van der Waals surface area contributed by atoms with Gasteiger partial charge >= 0.3 is 0 Å². The van der Waals surface area contributed by atoms with E-state index < -0.39 is 0 Å². The molecule has 10 rings (SSSR count). The summed E-state index contributed by atoms with van der Waals surface area (Å²) in [6.07, 6.45) is 0. The first kappa shape index (κ1) is 26.5. The van der Waals surface area contributed by atoms with Gasteiger partial charge in [-0.3, -0.25) is 0 Å². The van der Waals surface area contributed by atoms with E-state index in [4.69, 9.17) is 0 Å². The van der Waals surface area contributed by atoms with Crippen molar-refractivity contribution in [3.05, 3.63) is 128 Å². The Kier molecular flexibility index (Phi) is 5.97. The summed E-state index contributed by atoms with van der Waals surface area (Å²) in [4.78, 5) is 0. The van der Waals surface area contributed by atoms with Crippen molar-refractivity contribution in [3.63, 3.8) is 0 Å². The van der Waals surface area contributed by atoms with Crippen LogP contribution >= 0.6 is 0 Å². The number of benzene rings is 6. The third-order valence-corrected chi connectivity index (χ3v) is 9.04. The number of nitrogens with zero attached hydrogens (tertiary/aromatic N) is 3. The summed E-state index contributed by atoms with van der Waals surface area (Å²) in [6, 6.07) is 44.2. The molecule has 4 heteroatoms. The number of para-hydroxylation sites is 4. The van der Waals surface area contributed by atoms with E-state index in [0.29, 0.717) is 0 Å². The quantitative estimate of drug-likeness (QED) is 0.151. The summed E-state index contributed by atoms with van der Waals surface area (Å²) in [5.74, 6) is 0. The topological polar surface area (TPSA) is 14.3 Å². The fraction of sp³-hybridized carbons (Fsp3) is 0.0513. The molecule has 210 valence electrons. The second-order valence-electron chi connectivity index (χ2n) is 10.9. The van der Waals surface area contributed by atoms with E-state index in [-0.39, 0.29) is 38.2 Å². The molecule has 0 spiro atoms. The van der Waals surface area contributed by atoms with Gasteiger partial charge in [0.1, 0.15) is 0 Å². The fourth-order valence-corrected chi connectivity index (χ4v) is 7.50. The minimum absolute atomic E-state index is 0. The molecule has 0 atom stereocenters. The number of rotatable bonds is 1. The Bertz CT molecular complexity index is 2670. The SMILES string of the molecule is CC.[CH2-]n1c2ccccc2c2c(-n3c4ccccc4c4c5c6cccc7c8ccccc8n(c5ccc43)c76)cccc21.[Dy]. The first-order valence-electron chi connectivity index (χ1n) is 14.7. The van der Waals surface area contributed by atoms with Crippen LogP contribution < -0.4 is 0 Å². The average molecular weight is 701 g/mol. The zero-order valence-electron chi connectivity index (χ0n) is 23.9. The summed E-state index contributed by atoms with van der Waals surface area (Å²) in [5, 5.41) is 10.3. The van der Waals surface area contributed by atoms with Crippen molar-refractivity contribution >= 4 is 81.7 Å². The molecular formula is C39H28DyN3-. The second-order valence-corrected chi connectivity index (χ2v) is 10.9. The van der Waals surface area contributed by atoms with Crippen LogP contribution in [0.25, 0.3) is 87.4 Å². The molecule has 0 unspecified atom stereocenters. The molecule has 4 aromatic heterocycles. The van der Waals surface area contributed by atoms with E-state index in [1.165, 1.54) is 76.4 Å². The van der Waals surface area contributed by atoms with Gasteiger partial charge in [-0.05, 0) is 35.7 Å². The van der Waals surface area contributed by atoms with Crippen LogP contribution in [-0.2, 0) is 0 Å². The van der Waals surface area contributed by atoms with Crippen molar-refractivity contribution in [2.45, 2.75) is 13.8 Å². The summed E-state index contributed by atoms with van der Waals surface area (Å²) in [5.41, 5.74) is 9.74. The molecule has 0 amide bonds. The molecule has 0 radical (unpaired) electrons. The zero-order chi connectivity index (χ0) is 28.1. The minimum atomic E-state index is 0. The van der Waals surface area contributed by atoms with Crippen LogP contribution in [0.5, 0.6) is 0 Å². The molecule has 0 saturated heterocycles. The van der Waals surface area contributed by atoms with Crippen molar-refractivity contribution in [1.29, 1.82) is 0 Å². The maximum absolute atomic E-state index is 4.40. The molecule has 0 aliphatic rings. The summed E-state index contributed by atoms with van der Waals surface area (Å²) < 4.78 is 7.00. The van der Waals surface area contributed by atoms with Crippen LogP contribution in [0.4, 0.5) is 0 Å². The van der Waals surface area contributed by atoms with Gasteiger partial charge in [-0.15, -0.1) is 7.05 Å². The number of hydrogen-bond acceptors (Lipinski definition) is 0.